The third-order valence-corrected chi connectivity index (χ3v) is 3.41. The predicted molar refractivity (Wildman–Crippen MR) is 62.5 cm³/mol. The molecule has 1 heterocycles. The van der Waals surface area contributed by atoms with Crippen LogP contribution in [0, 0.1) is 0 Å². The van der Waals surface area contributed by atoms with E-state index in [-0.39, 0.29) is 12.4 Å². The zero-order valence-electron chi connectivity index (χ0n) is 8.25. The zero-order valence-corrected chi connectivity index (χ0v) is 9.07. The summed E-state index contributed by atoms with van der Waals surface area (Å²) in [5, 5.41) is 3.50. The Labute approximate surface area is 91.3 Å². The molecule has 0 fully saturated rings. The van der Waals surface area contributed by atoms with Gasteiger partial charge in [-0.25, -0.2) is 0 Å². The van der Waals surface area contributed by atoms with Gasteiger partial charge in [0, 0.05) is 12.2 Å². The van der Waals surface area contributed by atoms with Crippen molar-refractivity contribution in [1.82, 2.24) is 0 Å². The molecule has 14 heavy (non-hydrogen) atoms. The first-order valence-electron chi connectivity index (χ1n) is 5.31. The molecule has 1 unspecified atom stereocenters. The van der Waals surface area contributed by atoms with Gasteiger partial charge in [-0.1, -0.05) is 12.1 Å². The van der Waals surface area contributed by atoms with Crippen molar-refractivity contribution in [1.29, 1.82) is 0 Å². The molecule has 1 aliphatic heterocycles. The molecule has 0 bridgehead atoms. The van der Waals surface area contributed by atoms with Gasteiger partial charge < -0.3 is 5.32 Å². The Balaban J connectivity index is 0.000000750. The number of benzene rings is 1. The molecule has 2 aliphatic rings. The van der Waals surface area contributed by atoms with Crippen LogP contribution in [0.2, 0.25) is 0 Å². The van der Waals surface area contributed by atoms with Crippen molar-refractivity contribution >= 4 is 18.1 Å². The monoisotopic (exact) mass is 209 g/mol. The minimum atomic E-state index is 0. The molecule has 0 saturated carbocycles. The quantitative estimate of drug-likeness (QED) is 0.691. The summed E-state index contributed by atoms with van der Waals surface area (Å²) in [5.41, 5.74) is 4.65. The number of nitrogens with one attached hydrogen (secondary N) is 1. The smallest absolute Gasteiger partial charge is 0.0378 e. The summed E-state index contributed by atoms with van der Waals surface area (Å²) in [6.45, 7) is 1.17. The largest absolute Gasteiger partial charge is 0.385 e. The third-order valence-electron chi connectivity index (χ3n) is 3.41. The number of hydrogen-bond donors (Lipinski definition) is 1. The second-order valence-corrected chi connectivity index (χ2v) is 4.18. The normalized spacial score (nSPS) is 23.0. The Morgan fingerprint density at radius 3 is 3.07 bits per heavy atom. The summed E-state index contributed by atoms with van der Waals surface area (Å²) in [6.07, 6.45) is 5.43. The SMILES string of the molecule is Cl.c1cc2c3c(c1)NCCC3CCC2. The fourth-order valence-corrected chi connectivity index (χ4v) is 2.82. The Kier molecular flexibility index (Phi) is 2.69. The first-order chi connectivity index (χ1) is 6.45. The minimum absolute atomic E-state index is 0. The summed E-state index contributed by atoms with van der Waals surface area (Å²) < 4.78 is 0. The van der Waals surface area contributed by atoms with E-state index in [1.165, 1.54) is 37.9 Å². The third kappa shape index (κ3) is 1.40. The Hall–Kier alpha value is -0.690. The molecule has 3 rings (SSSR count). The van der Waals surface area contributed by atoms with Crippen LogP contribution >= 0.6 is 12.4 Å². The molecule has 1 atom stereocenters. The Morgan fingerprint density at radius 2 is 2.14 bits per heavy atom. The van der Waals surface area contributed by atoms with Gasteiger partial charge in [0.05, 0.1) is 0 Å². The van der Waals surface area contributed by atoms with Crippen LogP contribution in [0.3, 0.4) is 0 Å². The van der Waals surface area contributed by atoms with Gasteiger partial charge in [-0.2, -0.15) is 0 Å². The lowest BCUT2D eigenvalue weighted by Gasteiger charge is -2.32. The summed E-state index contributed by atoms with van der Waals surface area (Å²) >= 11 is 0. The highest BCUT2D eigenvalue weighted by molar-refractivity contribution is 5.85. The molecule has 1 aromatic carbocycles. The molecular weight excluding hydrogens is 194 g/mol. The lowest BCUT2D eigenvalue weighted by atomic mass is 9.78. The van der Waals surface area contributed by atoms with Crippen molar-refractivity contribution in [2.45, 2.75) is 31.6 Å². The molecule has 0 radical (unpaired) electrons. The summed E-state index contributed by atoms with van der Waals surface area (Å²) in [4.78, 5) is 0. The number of rotatable bonds is 0. The molecule has 2 heteroatoms. The second-order valence-electron chi connectivity index (χ2n) is 4.18. The Morgan fingerprint density at radius 1 is 1.21 bits per heavy atom. The Bertz CT molecular complexity index is 307. The standard InChI is InChI=1S/C12H15N.ClH/c1-3-9-5-2-6-11-12(9)10(4-1)7-8-13-11;/h2,5-6,10,13H,1,3-4,7-8H2;1H. The van der Waals surface area contributed by atoms with E-state index >= 15 is 0 Å². The molecule has 1 nitrogen and oxygen atoms in total. The molecule has 1 N–H and O–H groups in total. The second kappa shape index (κ2) is 3.82. The van der Waals surface area contributed by atoms with Crippen molar-refractivity contribution < 1.29 is 0 Å². The molecule has 0 aromatic heterocycles. The molecule has 1 aliphatic carbocycles. The highest BCUT2D eigenvalue weighted by atomic mass is 35.5. The van der Waals surface area contributed by atoms with Gasteiger partial charge in [-0.05, 0) is 48.8 Å². The molecule has 1 aromatic rings. The molecule has 0 amide bonds. The highest BCUT2D eigenvalue weighted by Crippen LogP contribution is 2.40. The fourth-order valence-electron chi connectivity index (χ4n) is 2.82. The fraction of sp³-hybridized carbons (Fsp3) is 0.500. The molecule has 0 spiro atoms. The number of anilines is 1. The van der Waals surface area contributed by atoms with Crippen LogP contribution in [0.15, 0.2) is 18.2 Å². The van der Waals surface area contributed by atoms with Crippen LogP contribution in [0.5, 0.6) is 0 Å². The number of halogens is 1. The van der Waals surface area contributed by atoms with Crippen LogP contribution in [0.25, 0.3) is 0 Å². The van der Waals surface area contributed by atoms with Gasteiger partial charge in [0.2, 0.25) is 0 Å². The van der Waals surface area contributed by atoms with Gasteiger partial charge in [0.25, 0.3) is 0 Å². The maximum atomic E-state index is 3.50. The average Bonchev–Trinajstić information content (AvgIpc) is 2.19. The molecule has 76 valence electrons. The van der Waals surface area contributed by atoms with E-state index in [0.717, 1.165) is 5.92 Å². The van der Waals surface area contributed by atoms with E-state index < -0.39 is 0 Å². The van der Waals surface area contributed by atoms with Gasteiger partial charge >= 0.3 is 0 Å². The summed E-state index contributed by atoms with van der Waals surface area (Å²) in [5.74, 6) is 0.862. The van der Waals surface area contributed by atoms with Crippen LogP contribution in [0.4, 0.5) is 5.69 Å². The van der Waals surface area contributed by atoms with Crippen molar-refractivity contribution in [2.24, 2.45) is 0 Å². The van der Waals surface area contributed by atoms with E-state index in [4.69, 9.17) is 0 Å². The van der Waals surface area contributed by atoms with E-state index in [0.29, 0.717) is 0 Å². The lowest BCUT2D eigenvalue weighted by molar-refractivity contribution is 0.520. The first kappa shape index (κ1) is 9.85. The van der Waals surface area contributed by atoms with E-state index in [1.54, 1.807) is 11.1 Å². The van der Waals surface area contributed by atoms with E-state index in [1.807, 2.05) is 0 Å². The van der Waals surface area contributed by atoms with Crippen LogP contribution in [-0.4, -0.2) is 6.54 Å². The van der Waals surface area contributed by atoms with Gasteiger partial charge in [0.1, 0.15) is 0 Å². The highest BCUT2D eigenvalue weighted by Gasteiger charge is 2.25. The van der Waals surface area contributed by atoms with Crippen molar-refractivity contribution in [2.75, 3.05) is 11.9 Å². The zero-order chi connectivity index (χ0) is 8.67. The van der Waals surface area contributed by atoms with E-state index in [9.17, 15) is 0 Å². The maximum absolute atomic E-state index is 3.50. The number of aryl methyl sites for hydroxylation is 1. The van der Waals surface area contributed by atoms with Crippen molar-refractivity contribution in [3.05, 3.63) is 29.3 Å². The van der Waals surface area contributed by atoms with Crippen molar-refractivity contribution in [3.63, 3.8) is 0 Å². The molecular formula is C12H16ClN. The van der Waals surface area contributed by atoms with Crippen LogP contribution in [0.1, 0.15) is 36.3 Å². The topological polar surface area (TPSA) is 12.0 Å². The van der Waals surface area contributed by atoms with E-state index in [2.05, 4.69) is 23.5 Å². The van der Waals surface area contributed by atoms with Gasteiger partial charge in [-0.3, -0.25) is 0 Å². The summed E-state index contributed by atoms with van der Waals surface area (Å²) in [7, 11) is 0. The van der Waals surface area contributed by atoms with Gasteiger partial charge in [-0.15, -0.1) is 12.4 Å². The van der Waals surface area contributed by atoms with Crippen LogP contribution < -0.4 is 5.32 Å². The average molecular weight is 210 g/mol. The lowest BCUT2D eigenvalue weighted by Crippen LogP contribution is -2.21. The predicted octanol–water partition coefficient (Wildman–Crippen LogP) is 3.34. The molecule has 0 saturated heterocycles. The van der Waals surface area contributed by atoms with Crippen LogP contribution in [-0.2, 0) is 6.42 Å². The maximum Gasteiger partial charge on any atom is 0.0378 e. The van der Waals surface area contributed by atoms with Gasteiger partial charge in [0.15, 0.2) is 0 Å². The minimum Gasteiger partial charge on any atom is -0.385 e. The van der Waals surface area contributed by atoms with Crippen molar-refractivity contribution in [3.8, 4) is 0 Å². The number of hydrogen-bond acceptors (Lipinski definition) is 1. The summed E-state index contributed by atoms with van der Waals surface area (Å²) in [6, 6.07) is 6.73. The first-order valence-corrected chi connectivity index (χ1v) is 5.31.